The SMILES string of the molecule is CCNC(=O)C(C)N(Cc1c(Cl)cccc1Cl)C(=O)CN(c1ccc(Cl)c(C(F)(F)F)c1)S(C)(=O)=O. The van der Waals surface area contributed by atoms with Crippen molar-refractivity contribution < 1.29 is 31.2 Å². The van der Waals surface area contributed by atoms with Gasteiger partial charge >= 0.3 is 6.18 Å². The van der Waals surface area contributed by atoms with Gasteiger partial charge in [0.1, 0.15) is 12.6 Å². The first-order valence-corrected chi connectivity index (χ1v) is 13.4. The lowest BCUT2D eigenvalue weighted by Crippen LogP contribution is -2.51. The van der Waals surface area contributed by atoms with Gasteiger partial charge in [0, 0.05) is 28.7 Å². The third kappa shape index (κ3) is 7.41. The van der Waals surface area contributed by atoms with Crippen molar-refractivity contribution >= 4 is 62.3 Å². The van der Waals surface area contributed by atoms with Crippen LogP contribution in [-0.2, 0) is 32.3 Å². The molecule has 2 rings (SSSR count). The van der Waals surface area contributed by atoms with Crippen LogP contribution in [0.1, 0.15) is 25.0 Å². The summed E-state index contributed by atoms with van der Waals surface area (Å²) in [5.41, 5.74) is -1.38. The fourth-order valence-electron chi connectivity index (χ4n) is 3.26. The molecule has 2 aromatic rings. The largest absolute Gasteiger partial charge is 0.417 e. The maximum atomic E-state index is 13.4. The Morgan fingerprint density at radius 3 is 2.14 bits per heavy atom. The lowest BCUT2D eigenvalue weighted by atomic mass is 10.1. The minimum atomic E-state index is -4.86. The second-order valence-corrected chi connectivity index (χ2v) is 10.9. The summed E-state index contributed by atoms with van der Waals surface area (Å²) in [6, 6.07) is 6.02. The quantitative estimate of drug-likeness (QED) is 0.448. The predicted molar refractivity (Wildman–Crippen MR) is 134 cm³/mol. The maximum Gasteiger partial charge on any atom is 0.417 e. The molecule has 0 heterocycles. The van der Waals surface area contributed by atoms with E-state index in [-0.39, 0.29) is 23.1 Å². The van der Waals surface area contributed by atoms with Gasteiger partial charge in [0.15, 0.2) is 0 Å². The molecule has 0 radical (unpaired) electrons. The molecule has 0 saturated carbocycles. The van der Waals surface area contributed by atoms with Gasteiger partial charge < -0.3 is 10.2 Å². The summed E-state index contributed by atoms with van der Waals surface area (Å²) in [5.74, 6) is -1.41. The van der Waals surface area contributed by atoms with E-state index in [9.17, 15) is 31.2 Å². The number of sulfonamides is 1. The topological polar surface area (TPSA) is 86.8 Å². The number of alkyl halides is 3. The second kappa shape index (κ2) is 11.9. The number of hydrogen-bond acceptors (Lipinski definition) is 4. The van der Waals surface area contributed by atoms with Crippen molar-refractivity contribution in [2.45, 2.75) is 32.6 Å². The molecule has 0 saturated heterocycles. The van der Waals surface area contributed by atoms with Gasteiger partial charge in [0.25, 0.3) is 0 Å². The number of rotatable bonds is 9. The van der Waals surface area contributed by atoms with Crippen LogP contribution in [-0.4, -0.2) is 50.5 Å². The van der Waals surface area contributed by atoms with E-state index in [1.54, 1.807) is 13.0 Å². The van der Waals surface area contributed by atoms with Gasteiger partial charge in [0.2, 0.25) is 21.8 Å². The van der Waals surface area contributed by atoms with Gasteiger partial charge in [-0.2, -0.15) is 13.2 Å². The van der Waals surface area contributed by atoms with Crippen LogP contribution < -0.4 is 9.62 Å². The fourth-order valence-corrected chi connectivity index (χ4v) is 4.84. The van der Waals surface area contributed by atoms with E-state index in [0.717, 1.165) is 23.3 Å². The highest BCUT2D eigenvalue weighted by Gasteiger charge is 2.35. The standard InChI is InChI=1S/C22H23Cl3F3N3O4S/c1-4-29-21(33)13(2)30(11-15-17(23)6-5-7-18(15)24)20(32)12-31(36(3,34)35)14-8-9-19(25)16(10-14)22(26,27)28/h5-10,13H,4,11-12H2,1-3H3,(H,29,33). The molecule has 1 atom stereocenters. The van der Waals surface area contributed by atoms with Crippen molar-refractivity contribution in [2.75, 3.05) is 23.7 Å². The van der Waals surface area contributed by atoms with Crippen molar-refractivity contribution in [3.63, 3.8) is 0 Å². The number of anilines is 1. The Balaban J connectivity index is 2.53. The van der Waals surface area contributed by atoms with Gasteiger partial charge in [-0.1, -0.05) is 40.9 Å². The van der Waals surface area contributed by atoms with E-state index in [1.807, 2.05) is 0 Å². The number of amides is 2. The van der Waals surface area contributed by atoms with Crippen LogP contribution in [0.2, 0.25) is 15.1 Å². The molecule has 1 unspecified atom stereocenters. The molecule has 0 aliphatic carbocycles. The third-order valence-electron chi connectivity index (χ3n) is 5.13. The van der Waals surface area contributed by atoms with Gasteiger partial charge in [0.05, 0.1) is 22.5 Å². The van der Waals surface area contributed by atoms with E-state index in [1.165, 1.54) is 19.1 Å². The van der Waals surface area contributed by atoms with Crippen LogP contribution in [0.15, 0.2) is 36.4 Å². The number of carbonyl (C=O) groups excluding carboxylic acids is 2. The first-order chi connectivity index (χ1) is 16.6. The summed E-state index contributed by atoms with van der Waals surface area (Å²) in [6.07, 6.45) is -4.12. The van der Waals surface area contributed by atoms with Crippen LogP contribution >= 0.6 is 34.8 Å². The van der Waals surface area contributed by atoms with Gasteiger partial charge in [-0.15, -0.1) is 0 Å². The average Bonchev–Trinajstić information content (AvgIpc) is 2.76. The zero-order chi connectivity index (χ0) is 27.4. The van der Waals surface area contributed by atoms with Crippen molar-refractivity contribution in [3.8, 4) is 0 Å². The minimum absolute atomic E-state index is 0.205. The molecule has 198 valence electrons. The number of halogens is 6. The second-order valence-electron chi connectivity index (χ2n) is 7.72. The number of benzene rings is 2. The first-order valence-electron chi connectivity index (χ1n) is 10.4. The monoisotopic (exact) mass is 587 g/mol. The molecule has 0 bridgehead atoms. The molecule has 0 fully saturated rings. The molecule has 2 aromatic carbocycles. The van der Waals surface area contributed by atoms with Crippen molar-refractivity contribution in [1.82, 2.24) is 10.2 Å². The molecule has 36 heavy (non-hydrogen) atoms. The zero-order valence-electron chi connectivity index (χ0n) is 19.4. The van der Waals surface area contributed by atoms with Gasteiger partial charge in [-0.05, 0) is 44.2 Å². The Morgan fingerprint density at radius 1 is 1.06 bits per heavy atom. The van der Waals surface area contributed by atoms with Crippen LogP contribution in [0.4, 0.5) is 18.9 Å². The summed E-state index contributed by atoms with van der Waals surface area (Å²) < 4.78 is 65.7. The summed E-state index contributed by atoms with van der Waals surface area (Å²) in [7, 11) is -4.24. The van der Waals surface area contributed by atoms with E-state index >= 15 is 0 Å². The highest BCUT2D eigenvalue weighted by molar-refractivity contribution is 7.92. The molecule has 7 nitrogen and oxygen atoms in total. The van der Waals surface area contributed by atoms with Crippen molar-refractivity contribution in [1.29, 1.82) is 0 Å². The number of likely N-dealkylation sites (N-methyl/N-ethyl adjacent to an activating group) is 1. The van der Waals surface area contributed by atoms with Crippen LogP contribution in [0.5, 0.6) is 0 Å². The van der Waals surface area contributed by atoms with Gasteiger partial charge in [-0.3, -0.25) is 13.9 Å². The van der Waals surface area contributed by atoms with E-state index < -0.39 is 56.9 Å². The summed E-state index contributed by atoms with van der Waals surface area (Å²) in [5, 5.41) is 2.35. The number of hydrogen-bond donors (Lipinski definition) is 1. The molecule has 0 aliphatic rings. The minimum Gasteiger partial charge on any atom is -0.355 e. The number of nitrogens with zero attached hydrogens (tertiary/aromatic N) is 2. The third-order valence-corrected chi connectivity index (χ3v) is 7.31. The smallest absolute Gasteiger partial charge is 0.355 e. The molecule has 1 N–H and O–H groups in total. The molecule has 0 aliphatic heterocycles. The number of carbonyl (C=O) groups is 2. The zero-order valence-corrected chi connectivity index (χ0v) is 22.5. The fraction of sp³-hybridized carbons (Fsp3) is 0.364. The lowest BCUT2D eigenvalue weighted by molar-refractivity contribution is -0.139. The highest BCUT2D eigenvalue weighted by atomic mass is 35.5. The van der Waals surface area contributed by atoms with E-state index in [0.29, 0.717) is 15.9 Å². The normalized spacial score (nSPS) is 12.7. The van der Waals surface area contributed by atoms with Crippen LogP contribution in [0, 0.1) is 0 Å². The number of nitrogens with one attached hydrogen (secondary N) is 1. The Labute approximate surface area is 222 Å². The van der Waals surface area contributed by atoms with Crippen molar-refractivity contribution in [2.24, 2.45) is 0 Å². The molecule has 0 spiro atoms. The Hall–Kier alpha value is -2.21. The lowest BCUT2D eigenvalue weighted by Gasteiger charge is -2.32. The molecular weight excluding hydrogens is 566 g/mol. The maximum absolute atomic E-state index is 13.4. The van der Waals surface area contributed by atoms with E-state index in [2.05, 4.69) is 5.32 Å². The first kappa shape index (κ1) is 30.0. The summed E-state index contributed by atoms with van der Waals surface area (Å²) >= 11 is 18.1. The highest BCUT2D eigenvalue weighted by Crippen LogP contribution is 2.37. The Morgan fingerprint density at radius 2 is 1.64 bits per heavy atom. The average molecular weight is 589 g/mol. The Kier molecular flexibility index (Phi) is 9.91. The predicted octanol–water partition coefficient (Wildman–Crippen LogP) is 4.99. The Bertz CT molecular complexity index is 1220. The van der Waals surface area contributed by atoms with Crippen LogP contribution in [0.3, 0.4) is 0 Å². The summed E-state index contributed by atoms with van der Waals surface area (Å²) in [6.45, 7) is 2.19. The van der Waals surface area contributed by atoms with Crippen molar-refractivity contribution in [3.05, 3.63) is 62.6 Å². The molecule has 2 amide bonds. The van der Waals surface area contributed by atoms with E-state index in [4.69, 9.17) is 34.8 Å². The molecule has 14 heteroatoms. The van der Waals surface area contributed by atoms with Gasteiger partial charge in [-0.25, -0.2) is 8.42 Å². The van der Waals surface area contributed by atoms with Crippen LogP contribution in [0.25, 0.3) is 0 Å². The molecular formula is C22H23Cl3F3N3O4S. The molecule has 0 aromatic heterocycles. The summed E-state index contributed by atoms with van der Waals surface area (Å²) in [4.78, 5) is 27.0.